The van der Waals surface area contributed by atoms with Gasteiger partial charge in [-0.2, -0.15) is 0 Å². The first-order valence-corrected chi connectivity index (χ1v) is 12.3. The number of aryl methyl sites for hydroxylation is 1. The van der Waals surface area contributed by atoms with Gasteiger partial charge in [0.25, 0.3) is 15.9 Å². The number of benzene rings is 3. The van der Waals surface area contributed by atoms with Gasteiger partial charge in [-0.25, -0.2) is 8.42 Å². The summed E-state index contributed by atoms with van der Waals surface area (Å²) in [6.07, 6.45) is 0. The quantitative estimate of drug-likeness (QED) is 0.394. The molecule has 0 fully saturated rings. The fourth-order valence-electron chi connectivity index (χ4n) is 3.40. The van der Waals surface area contributed by atoms with Gasteiger partial charge in [0, 0.05) is 23.7 Å². The molecule has 1 amide bonds. The monoisotopic (exact) mass is 462 g/mol. The SMILES string of the molecule is Cc1cccc(NC(=O)c2scc(-c3ccccc3)c2S(=O)(=O)N(C)c2ccccc2)c1. The summed E-state index contributed by atoms with van der Waals surface area (Å²) in [6.45, 7) is 1.93. The van der Waals surface area contributed by atoms with E-state index in [0.29, 0.717) is 16.9 Å². The van der Waals surface area contributed by atoms with E-state index < -0.39 is 15.9 Å². The lowest BCUT2D eigenvalue weighted by molar-refractivity contribution is 0.102. The molecule has 0 spiro atoms. The van der Waals surface area contributed by atoms with Gasteiger partial charge in [0.15, 0.2) is 0 Å². The molecule has 0 aliphatic rings. The molecule has 0 saturated heterocycles. The number of amides is 1. The molecule has 3 aromatic carbocycles. The van der Waals surface area contributed by atoms with Crippen LogP contribution < -0.4 is 9.62 Å². The summed E-state index contributed by atoms with van der Waals surface area (Å²) in [7, 11) is -2.52. The molecule has 0 radical (unpaired) electrons. The summed E-state index contributed by atoms with van der Waals surface area (Å²) in [6, 6.07) is 25.4. The number of thiophene rings is 1. The summed E-state index contributed by atoms with van der Waals surface area (Å²) in [5.74, 6) is -0.456. The van der Waals surface area contributed by atoms with E-state index in [4.69, 9.17) is 0 Å². The topological polar surface area (TPSA) is 66.5 Å². The first-order chi connectivity index (χ1) is 15.4. The van der Waals surface area contributed by atoms with E-state index >= 15 is 0 Å². The normalized spacial score (nSPS) is 11.2. The number of rotatable bonds is 6. The molecule has 0 atom stereocenters. The van der Waals surface area contributed by atoms with Crippen LogP contribution in [0.3, 0.4) is 0 Å². The minimum absolute atomic E-state index is 0.00482. The summed E-state index contributed by atoms with van der Waals surface area (Å²) >= 11 is 1.12. The van der Waals surface area contributed by atoms with Crippen LogP contribution in [0.1, 0.15) is 15.2 Å². The molecule has 0 unspecified atom stereocenters. The van der Waals surface area contributed by atoms with Crippen LogP contribution in [0.5, 0.6) is 0 Å². The Balaban J connectivity index is 1.83. The lowest BCUT2D eigenvalue weighted by Crippen LogP contribution is -2.28. The zero-order chi connectivity index (χ0) is 22.7. The molecule has 5 nitrogen and oxygen atoms in total. The van der Waals surface area contributed by atoms with Crippen molar-refractivity contribution < 1.29 is 13.2 Å². The smallest absolute Gasteiger partial charge is 0.267 e. The first kappa shape index (κ1) is 21.8. The lowest BCUT2D eigenvalue weighted by Gasteiger charge is -2.21. The highest BCUT2D eigenvalue weighted by Gasteiger charge is 2.32. The second kappa shape index (κ2) is 8.98. The highest BCUT2D eigenvalue weighted by atomic mass is 32.2. The summed E-state index contributed by atoms with van der Waals surface area (Å²) < 4.78 is 28.8. The Kier molecular flexibility index (Phi) is 6.12. The summed E-state index contributed by atoms with van der Waals surface area (Å²) in [4.78, 5) is 13.4. The molecule has 4 rings (SSSR count). The third kappa shape index (κ3) is 4.30. The molecule has 0 aliphatic heterocycles. The van der Waals surface area contributed by atoms with Crippen LogP contribution in [0, 0.1) is 6.92 Å². The number of nitrogens with zero attached hydrogens (tertiary/aromatic N) is 1. The maximum absolute atomic E-state index is 13.8. The number of carbonyl (C=O) groups excluding carboxylic acids is 1. The highest BCUT2D eigenvalue weighted by molar-refractivity contribution is 7.93. The molecule has 1 aromatic heterocycles. The van der Waals surface area contributed by atoms with Crippen molar-refractivity contribution in [3.63, 3.8) is 0 Å². The van der Waals surface area contributed by atoms with Gasteiger partial charge in [-0.3, -0.25) is 9.10 Å². The van der Waals surface area contributed by atoms with Crippen molar-refractivity contribution in [1.82, 2.24) is 0 Å². The van der Waals surface area contributed by atoms with Crippen LogP contribution >= 0.6 is 11.3 Å². The molecule has 4 aromatic rings. The molecule has 7 heteroatoms. The molecular formula is C25H22N2O3S2. The van der Waals surface area contributed by atoms with E-state index in [1.165, 1.54) is 11.4 Å². The highest BCUT2D eigenvalue weighted by Crippen LogP contribution is 2.38. The third-order valence-electron chi connectivity index (χ3n) is 5.05. The number of anilines is 2. The van der Waals surface area contributed by atoms with Crippen LogP contribution in [-0.4, -0.2) is 21.4 Å². The van der Waals surface area contributed by atoms with Gasteiger partial charge in [-0.05, 0) is 42.3 Å². The minimum Gasteiger partial charge on any atom is -0.321 e. The third-order valence-corrected chi connectivity index (χ3v) is 8.03. The maximum atomic E-state index is 13.8. The van der Waals surface area contributed by atoms with Gasteiger partial charge in [-0.15, -0.1) is 11.3 Å². The number of hydrogen-bond acceptors (Lipinski definition) is 4. The van der Waals surface area contributed by atoms with E-state index in [0.717, 1.165) is 22.5 Å². The fraction of sp³-hybridized carbons (Fsp3) is 0.0800. The molecular weight excluding hydrogens is 440 g/mol. The average molecular weight is 463 g/mol. The molecule has 162 valence electrons. The van der Waals surface area contributed by atoms with Gasteiger partial charge in [0.2, 0.25) is 0 Å². The van der Waals surface area contributed by atoms with Crippen LogP contribution in [-0.2, 0) is 10.0 Å². The van der Waals surface area contributed by atoms with Crippen molar-refractivity contribution in [2.24, 2.45) is 0 Å². The predicted molar refractivity (Wildman–Crippen MR) is 131 cm³/mol. The van der Waals surface area contributed by atoms with Crippen LogP contribution in [0.25, 0.3) is 11.1 Å². The van der Waals surface area contributed by atoms with Gasteiger partial charge in [0.05, 0.1) is 5.69 Å². The zero-order valence-electron chi connectivity index (χ0n) is 17.6. The van der Waals surface area contributed by atoms with Gasteiger partial charge < -0.3 is 5.32 Å². The zero-order valence-corrected chi connectivity index (χ0v) is 19.3. The van der Waals surface area contributed by atoms with E-state index in [1.807, 2.05) is 61.5 Å². The van der Waals surface area contributed by atoms with Gasteiger partial charge >= 0.3 is 0 Å². The fourth-order valence-corrected chi connectivity index (χ4v) is 6.26. The number of para-hydroxylation sites is 1. The molecule has 0 aliphatic carbocycles. The number of carbonyl (C=O) groups is 1. The first-order valence-electron chi connectivity index (χ1n) is 9.97. The van der Waals surface area contributed by atoms with E-state index in [-0.39, 0.29) is 9.77 Å². The molecule has 1 N–H and O–H groups in total. The Bertz CT molecular complexity index is 1350. The van der Waals surface area contributed by atoms with Crippen molar-refractivity contribution in [2.45, 2.75) is 11.8 Å². The Morgan fingerprint density at radius 1 is 0.906 bits per heavy atom. The largest absolute Gasteiger partial charge is 0.321 e. The second-order valence-electron chi connectivity index (χ2n) is 7.31. The standard InChI is InChI=1S/C25H22N2O3S2/c1-18-10-9-13-20(16-18)26-25(28)23-24(22(17-31-23)19-11-5-3-6-12-19)32(29,30)27(2)21-14-7-4-8-15-21/h3-17H,1-2H3,(H,26,28). The summed E-state index contributed by atoms with van der Waals surface area (Å²) in [5, 5.41) is 4.57. The van der Waals surface area contributed by atoms with Crippen molar-refractivity contribution in [2.75, 3.05) is 16.7 Å². The van der Waals surface area contributed by atoms with Crippen LogP contribution in [0.15, 0.2) is 95.2 Å². The van der Waals surface area contributed by atoms with Crippen molar-refractivity contribution in [1.29, 1.82) is 0 Å². The summed E-state index contributed by atoms with van der Waals surface area (Å²) in [5.41, 5.74) is 3.37. The number of nitrogens with one attached hydrogen (secondary N) is 1. The minimum atomic E-state index is -4.02. The van der Waals surface area contributed by atoms with Gasteiger partial charge in [-0.1, -0.05) is 60.7 Å². The number of hydrogen-bond donors (Lipinski definition) is 1. The van der Waals surface area contributed by atoms with Crippen molar-refractivity contribution in [3.05, 3.63) is 101 Å². The van der Waals surface area contributed by atoms with Gasteiger partial charge in [0.1, 0.15) is 9.77 Å². The molecule has 1 heterocycles. The Morgan fingerprint density at radius 3 is 2.22 bits per heavy atom. The second-order valence-corrected chi connectivity index (χ2v) is 10.1. The van der Waals surface area contributed by atoms with Crippen molar-refractivity contribution >= 4 is 38.6 Å². The molecule has 32 heavy (non-hydrogen) atoms. The van der Waals surface area contributed by atoms with E-state index in [9.17, 15) is 13.2 Å². The van der Waals surface area contributed by atoms with E-state index in [2.05, 4.69) is 5.32 Å². The maximum Gasteiger partial charge on any atom is 0.267 e. The van der Waals surface area contributed by atoms with Crippen molar-refractivity contribution in [3.8, 4) is 11.1 Å². The molecule has 0 saturated carbocycles. The van der Waals surface area contributed by atoms with E-state index in [1.54, 1.807) is 35.7 Å². The Morgan fingerprint density at radius 2 is 1.56 bits per heavy atom. The Labute approximate surface area is 192 Å². The number of sulfonamides is 1. The molecule has 0 bridgehead atoms. The lowest BCUT2D eigenvalue weighted by atomic mass is 10.1. The predicted octanol–water partition coefficient (Wildman–Crippen LogP) is 5.80. The van der Waals surface area contributed by atoms with Crippen LogP contribution in [0.2, 0.25) is 0 Å². The Hall–Kier alpha value is -3.42. The average Bonchev–Trinajstić information content (AvgIpc) is 3.26. The van der Waals surface area contributed by atoms with Crippen LogP contribution in [0.4, 0.5) is 11.4 Å².